The van der Waals surface area contributed by atoms with E-state index < -0.39 is 14.9 Å². The van der Waals surface area contributed by atoms with Crippen molar-refractivity contribution in [3.05, 3.63) is 28.3 Å². The highest BCUT2D eigenvalue weighted by molar-refractivity contribution is 7.89. The summed E-state index contributed by atoms with van der Waals surface area (Å²) in [5.41, 5.74) is -0.160. The van der Waals surface area contributed by atoms with Gasteiger partial charge < -0.3 is 14.7 Å². The minimum atomic E-state index is -3.81. The van der Waals surface area contributed by atoms with Crippen molar-refractivity contribution in [1.29, 1.82) is 0 Å². The van der Waals surface area contributed by atoms with Gasteiger partial charge in [-0.25, -0.2) is 8.42 Å². The van der Waals surface area contributed by atoms with Crippen LogP contribution in [-0.4, -0.2) is 94.3 Å². The summed E-state index contributed by atoms with van der Waals surface area (Å²) in [6.45, 7) is 1.83. The van der Waals surface area contributed by atoms with Crippen molar-refractivity contribution in [2.45, 2.75) is 4.90 Å². The molecule has 0 spiro atoms. The van der Waals surface area contributed by atoms with Crippen LogP contribution in [-0.2, 0) is 14.8 Å². The van der Waals surface area contributed by atoms with E-state index in [1.54, 1.807) is 21.1 Å². The number of nitrogens with zero attached hydrogens (tertiary/aromatic N) is 5. The number of anilines is 1. The SMILES string of the molecule is CN1CCN(S(=O)(=O)c2ccc(N(C)CC(=O)N(C)C)c([N+](=O)[O-])c2)CC1. The number of likely N-dealkylation sites (N-methyl/N-ethyl adjacent to an activating group) is 3. The van der Waals surface area contributed by atoms with Crippen LogP contribution >= 0.6 is 0 Å². The van der Waals surface area contributed by atoms with E-state index in [0.717, 1.165) is 6.07 Å². The van der Waals surface area contributed by atoms with Crippen molar-refractivity contribution in [2.24, 2.45) is 0 Å². The Bertz CT molecular complexity index is 818. The molecule has 0 aliphatic carbocycles. The molecular formula is C16H25N5O5S. The molecule has 0 bridgehead atoms. The van der Waals surface area contributed by atoms with E-state index in [9.17, 15) is 23.3 Å². The molecule has 1 aliphatic heterocycles. The van der Waals surface area contributed by atoms with Gasteiger partial charge in [-0.15, -0.1) is 0 Å². The maximum absolute atomic E-state index is 12.8. The second-order valence-electron chi connectivity index (χ2n) is 6.76. The van der Waals surface area contributed by atoms with Crippen LogP contribution in [0.5, 0.6) is 0 Å². The van der Waals surface area contributed by atoms with Crippen LogP contribution < -0.4 is 4.90 Å². The van der Waals surface area contributed by atoms with Crippen LogP contribution in [0.4, 0.5) is 11.4 Å². The molecule has 0 unspecified atom stereocenters. The number of piperazine rings is 1. The molecule has 0 atom stereocenters. The van der Waals surface area contributed by atoms with E-state index in [4.69, 9.17) is 0 Å². The Balaban J connectivity index is 2.34. The van der Waals surface area contributed by atoms with Crippen molar-refractivity contribution >= 4 is 27.3 Å². The normalized spacial score (nSPS) is 16.1. The summed E-state index contributed by atoms with van der Waals surface area (Å²) in [5, 5.41) is 11.5. The Hall–Kier alpha value is -2.24. The summed E-state index contributed by atoms with van der Waals surface area (Å²) in [6, 6.07) is 3.80. The second-order valence-corrected chi connectivity index (χ2v) is 8.70. The summed E-state index contributed by atoms with van der Waals surface area (Å²) in [4.78, 5) is 27.5. The number of sulfonamides is 1. The second kappa shape index (κ2) is 8.19. The number of hydrogen-bond acceptors (Lipinski definition) is 7. The molecule has 150 valence electrons. The molecule has 1 fully saturated rings. The first-order valence-corrected chi connectivity index (χ1v) is 9.86. The van der Waals surface area contributed by atoms with Crippen LogP contribution in [0.1, 0.15) is 0 Å². The highest BCUT2D eigenvalue weighted by Gasteiger charge is 2.30. The molecule has 27 heavy (non-hydrogen) atoms. The monoisotopic (exact) mass is 399 g/mol. The van der Waals surface area contributed by atoms with E-state index in [0.29, 0.717) is 26.2 Å². The first-order valence-electron chi connectivity index (χ1n) is 8.42. The predicted molar refractivity (Wildman–Crippen MR) is 101 cm³/mol. The van der Waals surface area contributed by atoms with E-state index in [-0.39, 0.29) is 28.7 Å². The zero-order valence-corrected chi connectivity index (χ0v) is 16.8. The van der Waals surface area contributed by atoms with E-state index >= 15 is 0 Å². The summed E-state index contributed by atoms with van der Waals surface area (Å²) in [5.74, 6) is -0.221. The Labute approximate surface area is 159 Å². The maximum Gasteiger partial charge on any atom is 0.293 e. The van der Waals surface area contributed by atoms with Crippen molar-refractivity contribution < 1.29 is 18.1 Å². The minimum absolute atomic E-state index is 0.0571. The molecule has 10 nitrogen and oxygen atoms in total. The summed E-state index contributed by atoms with van der Waals surface area (Å²) in [6.07, 6.45) is 0. The van der Waals surface area contributed by atoms with Gasteiger partial charge in [-0.3, -0.25) is 14.9 Å². The molecule has 1 heterocycles. The molecular weight excluding hydrogens is 374 g/mol. The third kappa shape index (κ3) is 4.73. The number of benzene rings is 1. The first-order chi connectivity index (χ1) is 12.5. The Morgan fingerprint density at radius 3 is 2.30 bits per heavy atom. The van der Waals surface area contributed by atoms with Crippen molar-refractivity contribution in [3.63, 3.8) is 0 Å². The molecule has 1 amide bonds. The van der Waals surface area contributed by atoms with Crippen molar-refractivity contribution in [2.75, 3.05) is 65.8 Å². The Morgan fingerprint density at radius 2 is 1.78 bits per heavy atom. The van der Waals surface area contributed by atoms with Gasteiger partial charge in [-0.05, 0) is 19.2 Å². The number of nitro benzene ring substituents is 1. The summed E-state index contributed by atoms with van der Waals surface area (Å²) < 4.78 is 27.0. The number of carbonyl (C=O) groups is 1. The zero-order chi connectivity index (χ0) is 20.4. The van der Waals surface area contributed by atoms with Crippen molar-refractivity contribution in [3.8, 4) is 0 Å². The summed E-state index contributed by atoms with van der Waals surface area (Å²) in [7, 11) is 2.84. The smallest absolute Gasteiger partial charge is 0.293 e. The van der Waals surface area contributed by atoms with Crippen LogP contribution in [0.2, 0.25) is 0 Å². The van der Waals surface area contributed by atoms with E-state index in [2.05, 4.69) is 0 Å². The maximum atomic E-state index is 12.8. The zero-order valence-electron chi connectivity index (χ0n) is 16.0. The molecule has 1 saturated heterocycles. The van der Waals surface area contributed by atoms with Gasteiger partial charge in [0, 0.05) is 53.4 Å². The van der Waals surface area contributed by atoms with E-state index in [1.165, 1.54) is 26.2 Å². The topological polar surface area (TPSA) is 107 Å². The van der Waals surface area contributed by atoms with Crippen LogP contribution in [0.3, 0.4) is 0 Å². The molecule has 0 N–H and O–H groups in total. The number of amides is 1. The van der Waals surface area contributed by atoms with E-state index in [1.807, 2.05) is 11.9 Å². The first kappa shape index (κ1) is 21.1. The lowest BCUT2D eigenvalue weighted by Crippen LogP contribution is -2.47. The van der Waals surface area contributed by atoms with Gasteiger partial charge in [0.1, 0.15) is 5.69 Å². The molecule has 1 aromatic rings. The molecule has 1 aromatic carbocycles. The lowest BCUT2D eigenvalue weighted by Gasteiger charge is -2.31. The number of carbonyl (C=O) groups excluding carboxylic acids is 1. The highest BCUT2D eigenvalue weighted by Crippen LogP contribution is 2.31. The van der Waals surface area contributed by atoms with Gasteiger partial charge in [0.15, 0.2) is 0 Å². The van der Waals surface area contributed by atoms with Crippen LogP contribution in [0.15, 0.2) is 23.1 Å². The largest absolute Gasteiger partial charge is 0.360 e. The minimum Gasteiger partial charge on any atom is -0.360 e. The average Bonchev–Trinajstić information content (AvgIpc) is 2.61. The van der Waals surface area contributed by atoms with Gasteiger partial charge in [0.25, 0.3) is 5.69 Å². The van der Waals surface area contributed by atoms with Gasteiger partial charge in [-0.2, -0.15) is 4.31 Å². The third-order valence-electron chi connectivity index (χ3n) is 4.53. The van der Waals surface area contributed by atoms with Crippen LogP contribution in [0, 0.1) is 10.1 Å². The lowest BCUT2D eigenvalue weighted by atomic mass is 10.2. The number of nitro groups is 1. The lowest BCUT2D eigenvalue weighted by molar-refractivity contribution is -0.384. The quantitative estimate of drug-likeness (QED) is 0.491. The van der Waals surface area contributed by atoms with Gasteiger partial charge in [-0.1, -0.05) is 0 Å². The number of hydrogen-bond donors (Lipinski definition) is 0. The molecule has 2 rings (SSSR count). The summed E-state index contributed by atoms with van der Waals surface area (Å²) >= 11 is 0. The van der Waals surface area contributed by atoms with Gasteiger partial charge in [0.2, 0.25) is 15.9 Å². The number of rotatable bonds is 6. The van der Waals surface area contributed by atoms with Gasteiger partial charge in [0.05, 0.1) is 16.4 Å². The molecule has 0 aromatic heterocycles. The fourth-order valence-corrected chi connectivity index (χ4v) is 4.18. The highest BCUT2D eigenvalue weighted by atomic mass is 32.2. The standard InChI is InChI=1S/C16H25N5O5S/c1-17(2)16(22)12-19(4)14-6-5-13(11-15(14)21(23)24)27(25,26)20-9-7-18(3)8-10-20/h5-6,11H,7-10,12H2,1-4H3. The van der Waals surface area contributed by atoms with Gasteiger partial charge >= 0.3 is 0 Å². The third-order valence-corrected chi connectivity index (χ3v) is 6.42. The van der Waals surface area contributed by atoms with Crippen molar-refractivity contribution in [1.82, 2.24) is 14.1 Å². The Morgan fingerprint density at radius 1 is 1.19 bits per heavy atom. The van der Waals surface area contributed by atoms with Crippen LogP contribution in [0.25, 0.3) is 0 Å². The fraction of sp³-hybridized carbons (Fsp3) is 0.562. The Kier molecular flexibility index (Phi) is 6.39. The average molecular weight is 399 g/mol. The molecule has 11 heteroatoms. The molecule has 0 radical (unpaired) electrons. The molecule has 1 aliphatic rings. The predicted octanol–water partition coefficient (Wildman–Crippen LogP) is 0.0553. The fourth-order valence-electron chi connectivity index (χ4n) is 2.74. The molecule has 0 saturated carbocycles.